The van der Waals surface area contributed by atoms with Crippen LogP contribution in [0.4, 0.5) is 17.6 Å². The van der Waals surface area contributed by atoms with Crippen LogP contribution in [0.5, 0.6) is 5.75 Å². The molecule has 0 aliphatic carbocycles. The maximum absolute atomic E-state index is 13.6. The van der Waals surface area contributed by atoms with Crippen LogP contribution in [-0.4, -0.2) is 0 Å². The molecule has 0 heterocycles. The molecule has 20 heavy (non-hydrogen) atoms. The summed E-state index contributed by atoms with van der Waals surface area (Å²) in [6.07, 6.45) is -4.57. The molecule has 0 radical (unpaired) electrons. The van der Waals surface area contributed by atoms with Gasteiger partial charge in [-0.05, 0) is 17.7 Å². The van der Waals surface area contributed by atoms with Crippen LogP contribution in [0.1, 0.15) is 11.1 Å². The molecular weight excluding hydrogens is 340 g/mol. The number of halogens is 5. The molecule has 0 saturated carbocycles. The Balaban J connectivity index is 2.24. The summed E-state index contributed by atoms with van der Waals surface area (Å²) in [7, 11) is 0. The van der Waals surface area contributed by atoms with Crippen LogP contribution < -0.4 is 4.74 Å². The Morgan fingerprint density at radius 2 is 1.70 bits per heavy atom. The maximum atomic E-state index is 13.6. The fourth-order valence-electron chi connectivity index (χ4n) is 1.59. The van der Waals surface area contributed by atoms with Crippen molar-refractivity contribution < 1.29 is 22.3 Å². The van der Waals surface area contributed by atoms with Gasteiger partial charge in [0.1, 0.15) is 6.61 Å². The van der Waals surface area contributed by atoms with Gasteiger partial charge in [0, 0.05) is 4.47 Å². The van der Waals surface area contributed by atoms with Crippen molar-refractivity contribution in [1.82, 2.24) is 0 Å². The summed E-state index contributed by atoms with van der Waals surface area (Å²) >= 11 is 2.70. The zero-order valence-electron chi connectivity index (χ0n) is 10.0. The van der Waals surface area contributed by atoms with Crippen LogP contribution in [0, 0.1) is 5.82 Å². The van der Waals surface area contributed by atoms with E-state index >= 15 is 0 Å². The fourth-order valence-corrected chi connectivity index (χ4v) is 2.13. The molecule has 0 aromatic heterocycles. The number of hydrogen-bond acceptors (Lipinski definition) is 1. The summed E-state index contributed by atoms with van der Waals surface area (Å²) in [4.78, 5) is 0. The van der Waals surface area contributed by atoms with Gasteiger partial charge in [0.05, 0.1) is 5.56 Å². The van der Waals surface area contributed by atoms with Gasteiger partial charge in [0.2, 0.25) is 0 Å². The van der Waals surface area contributed by atoms with Crippen molar-refractivity contribution in [2.45, 2.75) is 12.8 Å². The van der Waals surface area contributed by atoms with Crippen LogP contribution in [0.2, 0.25) is 0 Å². The van der Waals surface area contributed by atoms with E-state index < -0.39 is 23.3 Å². The van der Waals surface area contributed by atoms with Crippen LogP contribution in [0.25, 0.3) is 0 Å². The van der Waals surface area contributed by atoms with Crippen molar-refractivity contribution in [3.63, 3.8) is 0 Å². The monoisotopic (exact) mass is 348 g/mol. The molecule has 2 aromatic carbocycles. The largest absolute Gasteiger partial charge is 0.486 e. The van der Waals surface area contributed by atoms with E-state index in [4.69, 9.17) is 4.74 Å². The van der Waals surface area contributed by atoms with Crippen molar-refractivity contribution in [2.24, 2.45) is 0 Å². The maximum Gasteiger partial charge on any atom is 0.417 e. The number of benzene rings is 2. The third kappa shape index (κ3) is 3.50. The molecule has 6 heteroatoms. The average molecular weight is 349 g/mol. The summed E-state index contributed by atoms with van der Waals surface area (Å²) in [5.74, 6) is -1.27. The van der Waals surface area contributed by atoms with Crippen molar-refractivity contribution in [3.8, 4) is 5.75 Å². The standard InChI is InChI=1S/C14H9BrF4O/c15-11-7-12(16)13(6-10(11)14(17,18)19)20-8-9-4-2-1-3-5-9/h1-7H,8H2. The average Bonchev–Trinajstić information content (AvgIpc) is 2.37. The van der Waals surface area contributed by atoms with Crippen molar-refractivity contribution in [2.75, 3.05) is 0 Å². The minimum absolute atomic E-state index is 0.00328. The summed E-state index contributed by atoms with van der Waals surface area (Å²) < 4.78 is 56.5. The second kappa shape index (κ2) is 5.83. The highest BCUT2D eigenvalue weighted by molar-refractivity contribution is 9.10. The van der Waals surface area contributed by atoms with Crippen LogP contribution in [-0.2, 0) is 12.8 Å². The van der Waals surface area contributed by atoms with Gasteiger partial charge in [-0.2, -0.15) is 13.2 Å². The van der Waals surface area contributed by atoms with E-state index in [9.17, 15) is 17.6 Å². The summed E-state index contributed by atoms with van der Waals surface area (Å²) in [5.41, 5.74) is -0.231. The van der Waals surface area contributed by atoms with Gasteiger partial charge in [-0.25, -0.2) is 4.39 Å². The molecule has 0 unspecified atom stereocenters. The molecule has 106 valence electrons. The predicted molar refractivity (Wildman–Crippen MR) is 69.9 cm³/mol. The molecule has 0 fully saturated rings. The SMILES string of the molecule is Fc1cc(Br)c(C(F)(F)F)cc1OCc1ccccc1. The molecule has 0 aliphatic heterocycles. The Kier molecular flexibility index (Phi) is 4.32. The van der Waals surface area contributed by atoms with Gasteiger partial charge in [0.15, 0.2) is 11.6 Å². The van der Waals surface area contributed by atoms with Crippen molar-refractivity contribution in [3.05, 3.63) is 63.9 Å². The molecule has 0 amide bonds. The zero-order chi connectivity index (χ0) is 14.8. The lowest BCUT2D eigenvalue weighted by molar-refractivity contribution is -0.138. The minimum atomic E-state index is -4.57. The first-order valence-electron chi connectivity index (χ1n) is 5.61. The second-order valence-corrected chi connectivity index (χ2v) is 4.89. The fraction of sp³-hybridized carbons (Fsp3) is 0.143. The highest BCUT2D eigenvalue weighted by Gasteiger charge is 2.34. The Morgan fingerprint density at radius 3 is 2.30 bits per heavy atom. The molecule has 2 rings (SSSR count). The number of rotatable bonds is 3. The topological polar surface area (TPSA) is 9.23 Å². The lowest BCUT2D eigenvalue weighted by Gasteiger charge is -2.13. The zero-order valence-corrected chi connectivity index (χ0v) is 11.6. The van der Waals surface area contributed by atoms with E-state index in [0.29, 0.717) is 6.07 Å². The highest BCUT2D eigenvalue weighted by Crippen LogP contribution is 2.38. The smallest absolute Gasteiger partial charge is 0.417 e. The minimum Gasteiger partial charge on any atom is -0.486 e. The van der Waals surface area contributed by atoms with E-state index in [1.807, 2.05) is 0 Å². The predicted octanol–water partition coefficient (Wildman–Crippen LogP) is 5.19. The molecule has 0 saturated heterocycles. The van der Waals surface area contributed by atoms with Gasteiger partial charge in [-0.3, -0.25) is 0 Å². The van der Waals surface area contributed by atoms with Gasteiger partial charge < -0.3 is 4.74 Å². The molecule has 0 atom stereocenters. The van der Waals surface area contributed by atoms with E-state index in [0.717, 1.165) is 11.6 Å². The molecule has 1 nitrogen and oxygen atoms in total. The summed E-state index contributed by atoms with van der Waals surface area (Å²) in [6.45, 7) is -0.00328. The Bertz CT molecular complexity index is 596. The first kappa shape index (κ1) is 14.8. The van der Waals surface area contributed by atoms with Crippen LogP contribution in [0.3, 0.4) is 0 Å². The van der Waals surface area contributed by atoms with Crippen molar-refractivity contribution in [1.29, 1.82) is 0 Å². The number of alkyl halides is 3. The lowest BCUT2D eigenvalue weighted by atomic mass is 10.2. The Labute approximate surface area is 121 Å². The molecule has 0 N–H and O–H groups in total. The first-order chi connectivity index (χ1) is 9.38. The Morgan fingerprint density at radius 1 is 1.05 bits per heavy atom. The first-order valence-corrected chi connectivity index (χ1v) is 6.40. The summed E-state index contributed by atoms with van der Waals surface area (Å²) in [5, 5.41) is 0. The Hall–Kier alpha value is -1.56. The third-order valence-electron chi connectivity index (χ3n) is 2.56. The van der Waals surface area contributed by atoms with Crippen molar-refractivity contribution >= 4 is 15.9 Å². The quantitative estimate of drug-likeness (QED) is 0.694. The van der Waals surface area contributed by atoms with E-state index in [-0.39, 0.29) is 11.1 Å². The third-order valence-corrected chi connectivity index (χ3v) is 3.22. The second-order valence-electron chi connectivity index (χ2n) is 4.03. The van der Waals surface area contributed by atoms with Gasteiger partial charge in [-0.1, -0.05) is 46.3 Å². The van der Waals surface area contributed by atoms with Crippen LogP contribution in [0.15, 0.2) is 46.9 Å². The number of hydrogen-bond donors (Lipinski definition) is 0. The normalized spacial score (nSPS) is 11.4. The van der Waals surface area contributed by atoms with Gasteiger partial charge in [0.25, 0.3) is 0 Å². The molecule has 0 spiro atoms. The van der Waals surface area contributed by atoms with Crippen LogP contribution >= 0.6 is 15.9 Å². The lowest BCUT2D eigenvalue weighted by Crippen LogP contribution is -2.08. The van der Waals surface area contributed by atoms with Gasteiger partial charge >= 0.3 is 6.18 Å². The van der Waals surface area contributed by atoms with E-state index in [2.05, 4.69) is 15.9 Å². The molecular formula is C14H9BrF4O. The van der Waals surface area contributed by atoms with E-state index in [1.165, 1.54) is 0 Å². The highest BCUT2D eigenvalue weighted by atomic mass is 79.9. The molecule has 2 aromatic rings. The molecule has 0 aliphatic rings. The summed E-state index contributed by atoms with van der Waals surface area (Å²) in [6, 6.07) is 10.2. The van der Waals surface area contributed by atoms with E-state index in [1.54, 1.807) is 30.3 Å². The molecule has 0 bridgehead atoms. The number of ether oxygens (including phenoxy) is 1. The van der Waals surface area contributed by atoms with Gasteiger partial charge in [-0.15, -0.1) is 0 Å².